The van der Waals surface area contributed by atoms with Gasteiger partial charge in [0.1, 0.15) is 0 Å². The van der Waals surface area contributed by atoms with Crippen LogP contribution in [0, 0.1) is 5.92 Å². The Hall–Kier alpha value is -0.260. The summed E-state index contributed by atoms with van der Waals surface area (Å²) in [6, 6.07) is 0. The number of hydrogen-bond donors (Lipinski definition) is 0. The average Bonchev–Trinajstić information content (AvgIpc) is 2.46. The van der Waals surface area contributed by atoms with Crippen molar-refractivity contribution < 1.29 is 0 Å². The molecule has 0 atom stereocenters. The van der Waals surface area contributed by atoms with Crippen molar-refractivity contribution in [3.8, 4) is 0 Å². The second-order valence-electron chi connectivity index (χ2n) is 3.37. The number of rotatable bonds is 1. The van der Waals surface area contributed by atoms with Gasteiger partial charge in [0, 0.05) is 0 Å². The molecule has 2 rings (SSSR count). The molecule has 0 N–H and O–H groups in total. The van der Waals surface area contributed by atoms with E-state index in [9.17, 15) is 0 Å². The van der Waals surface area contributed by atoms with Gasteiger partial charge in [-0.15, -0.1) is 0 Å². The van der Waals surface area contributed by atoms with Gasteiger partial charge < -0.3 is 0 Å². The molecule has 50 valence electrons. The van der Waals surface area contributed by atoms with Crippen molar-refractivity contribution in [2.75, 3.05) is 0 Å². The first-order chi connectivity index (χ1) is 4.45. The highest BCUT2D eigenvalue weighted by Crippen LogP contribution is 2.34. The lowest BCUT2D eigenvalue weighted by molar-refractivity contribution is 0.684. The Balaban J connectivity index is 1.90. The van der Waals surface area contributed by atoms with Crippen LogP contribution in [-0.2, 0) is 0 Å². The van der Waals surface area contributed by atoms with E-state index in [0.29, 0.717) is 0 Å². The first-order valence-corrected chi connectivity index (χ1v) is 4.15. The van der Waals surface area contributed by atoms with Gasteiger partial charge in [-0.05, 0) is 31.6 Å². The predicted molar refractivity (Wildman–Crippen MR) is 39.3 cm³/mol. The van der Waals surface area contributed by atoms with Crippen LogP contribution in [0.2, 0.25) is 0 Å². The molecule has 0 amide bonds. The molecular formula is C9H14. The van der Waals surface area contributed by atoms with E-state index >= 15 is 0 Å². The quantitative estimate of drug-likeness (QED) is 0.469. The van der Waals surface area contributed by atoms with Crippen LogP contribution in [0.4, 0.5) is 0 Å². The molecular weight excluding hydrogens is 108 g/mol. The summed E-state index contributed by atoms with van der Waals surface area (Å²) in [7, 11) is 0. The highest BCUT2D eigenvalue weighted by atomic mass is 14.2. The summed E-state index contributed by atoms with van der Waals surface area (Å²) in [4.78, 5) is 0. The largest absolute Gasteiger partial charge is 0.0822 e. The molecule has 0 spiro atoms. The van der Waals surface area contributed by atoms with Crippen molar-refractivity contribution >= 4 is 0 Å². The Morgan fingerprint density at radius 1 is 1.11 bits per heavy atom. The van der Waals surface area contributed by atoms with E-state index in [1.54, 1.807) is 5.57 Å². The maximum atomic E-state index is 2.53. The fraction of sp³-hybridized carbons (Fsp3) is 0.778. The van der Waals surface area contributed by atoms with E-state index in [1.165, 1.54) is 38.5 Å². The van der Waals surface area contributed by atoms with Gasteiger partial charge in [0.2, 0.25) is 0 Å². The Bertz CT molecular complexity index is 121. The van der Waals surface area contributed by atoms with E-state index in [4.69, 9.17) is 0 Å². The molecule has 0 aromatic heterocycles. The zero-order valence-corrected chi connectivity index (χ0v) is 5.90. The summed E-state index contributed by atoms with van der Waals surface area (Å²) < 4.78 is 0. The molecule has 0 aliphatic heterocycles. The van der Waals surface area contributed by atoms with Gasteiger partial charge in [0.25, 0.3) is 0 Å². The van der Waals surface area contributed by atoms with Gasteiger partial charge in [-0.25, -0.2) is 0 Å². The third kappa shape index (κ3) is 1.35. The first-order valence-electron chi connectivity index (χ1n) is 4.15. The van der Waals surface area contributed by atoms with Gasteiger partial charge >= 0.3 is 0 Å². The molecule has 0 radical (unpaired) electrons. The fourth-order valence-electron chi connectivity index (χ4n) is 1.70. The number of hydrogen-bond acceptors (Lipinski definition) is 0. The molecule has 2 fully saturated rings. The van der Waals surface area contributed by atoms with Gasteiger partial charge in [-0.2, -0.15) is 0 Å². The SMILES string of the molecule is C(=C1CC1)C1CCCC1. The Labute approximate surface area is 57.0 Å². The van der Waals surface area contributed by atoms with Crippen LogP contribution >= 0.6 is 0 Å². The zero-order chi connectivity index (χ0) is 6.10. The van der Waals surface area contributed by atoms with Gasteiger partial charge in [0.05, 0.1) is 0 Å². The fourth-order valence-corrected chi connectivity index (χ4v) is 1.70. The molecule has 2 aliphatic carbocycles. The normalized spacial score (nSPS) is 26.9. The van der Waals surface area contributed by atoms with Crippen LogP contribution in [0.3, 0.4) is 0 Å². The van der Waals surface area contributed by atoms with Crippen molar-refractivity contribution in [3.63, 3.8) is 0 Å². The smallest absolute Gasteiger partial charge is 0.0231 e. The molecule has 0 nitrogen and oxygen atoms in total. The maximum Gasteiger partial charge on any atom is -0.0231 e. The first kappa shape index (κ1) is 5.52. The van der Waals surface area contributed by atoms with Crippen LogP contribution in [0.5, 0.6) is 0 Å². The zero-order valence-electron chi connectivity index (χ0n) is 5.90. The summed E-state index contributed by atoms with van der Waals surface area (Å²) in [5, 5.41) is 0. The van der Waals surface area contributed by atoms with Crippen molar-refractivity contribution in [2.24, 2.45) is 5.92 Å². The average molecular weight is 122 g/mol. The monoisotopic (exact) mass is 122 g/mol. The summed E-state index contributed by atoms with van der Waals surface area (Å²) >= 11 is 0. The standard InChI is InChI=1S/C9H14/c1-2-4-8(3-1)7-9-5-6-9/h7-8H,1-6H2. The summed E-state index contributed by atoms with van der Waals surface area (Å²) in [6.45, 7) is 0. The minimum Gasteiger partial charge on any atom is -0.0822 e. The summed E-state index contributed by atoms with van der Waals surface area (Å²) in [6.07, 6.45) is 11.3. The van der Waals surface area contributed by atoms with Crippen LogP contribution in [0.15, 0.2) is 11.6 Å². The Kier molecular flexibility index (Phi) is 1.33. The third-order valence-electron chi connectivity index (χ3n) is 2.41. The van der Waals surface area contributed by atoms with Crippen molar-refractivity contribution in [1.82, 2.24) is 0 Å². The van der Waals surface area contributed by atoms with Crippen LogP contribution in [-0.4, -0.2) is 0 Å². The maximum absolute atomic E-state index is 2.53. The highest BCUT2D eigenvalue weighted by Gasteiger charge is 2.17. The molecule has 0 aromatic rings. The van der Waals surface area contributed by atoms with E-state index < -0.39 is 0 Å². The topological polar surface area (TPSA) is 0 Å². The molecule has 0 saturated heterocycles. The van der Waals surface area contributed by atoms with Crippen LogP contribution in [0.1, 0.15) is 38.5 Å². The number of allylic oxidation sites excluding steroid dienone is 2. The van der Waals surface area contributed by atoms with Crippen LogP contribution in [0.25, 0.3) is 0 Å². The third-order valence-corrected chi connectivity index (χ3v) is 2.41. The molecule has 2 saturated carbocycles. The molecule has 0 heteroatoms. The lowest BCUT2D eigenvalue weighted by atomic mass is 10.1. The minimum atomic E-state index is 0.988. The minimum absolute atomic E-state index is 0.988. The van der Waals surface area contributed by atoms with E-state index in [0.717, 1.165) is 5.92 Å². The van der Waals surface area contributed by atoms with Crippen LogP contribution < -0.4 is 0 Å². The summed E-state index contributed by atoms with van der Waals surface area (Å²) in [5.74, 6) is 0.988. The second-order valence-corrected chi connectivity index (χ2v) is 3.37. The van der Waals surface area contributed by atoms with Crippen molar-refractivity contribution in [3.05, 3.63) is 11.6 Å². The molecule has 0 bridgehead atoms. The molecule has 0 unspecified atom stereocenters. The highest BCUT2D eigenvalue weighted by molar-refractivity contribution is 5.17. The van der Waals surface area contributed by atoms with Gasteiger partial charge in [-0.3, -0.25) is 0 Å². The van der Waals surface area contributed by atoms with Gasteiger partial charge in [-0.1, -0.05) is 24.5 Å². The van der Waals surface area contributed by atoms with E-state index in [-0.39, 0.29) is 0 Å². The Morgan fingerprint density at radius 3 is 2.33 bits per heavy atom. The second kappa shape index (κ2) is 2.17. The van der Waals surface area contributed by atoms with E-state index in [1.807, 2.05) is 0 Å². The Morgan fingerprint density at radius 2 is 1.78 bits per heavy atom. The molecule has 0 heterocycles. The summed E-state index contributed by atoms with van der Waals surface area (Å²) in [5.41, 5.74) is 1.74. The van der Waals surface area contributed by atoms with E-state index in [2.05, 4.69) is 6.08 Å². The lowest BCUT2D eigenvalue weighted by Crippen LogP contribution is -1.84. The van der Waals surface area contributed by atoms with Crippen molar-refractivity contribution in [1.29, 1.82) is 0 Å². The predicted octanol–water partition coefficient (Wildman–Crippen LogP) is 2.90. The molecule has 9 heavy (non-hydrogen) atoms. The van der Waals surface area contributed by atoms with Crippen molar-refractivity contribution in [2.45, 2.75) is 38.5 Å². The molecule has 2 aliphatic rings. The molecule has 0 aromatic carbocycles. The van der Waals surface area contributed by atoms with Gasteiger partial charge in [0.15, 0.2) is 0 Å². The lowest BCUT2D eigenvalue weighted by Gasteiger charge is -1.97.